The summed E-state index contributed by atoms with van der Waals surface area (Å²) in [6.07, 6.45) is 3.51. The summed E-state index contributed by atoms with van der Waals surface area (Å²) in [5.74, 6) is 1.65. The van der Waals surface area contributed by atoms with Gasteiger partial charge in [-0.25, -0.2) is 4.98 Å². The molecular formula is C15H26N2OS. The van der Waals surface area contributed by atoms with Crippen LogP contribution in [0, 0.1) is 25.2 Å². The van der Waals surface area contributed by atoms with Crippen LogP contribution in [0.5, 0.6) is 0 Å². The second-order valence-electron chi connectivity index (χ2n) is 6.82. The average Bonchev–Trinajstić information content (AvgIpc) is 2.59. The fourth-order valence-electron chi connectivity index (χ4n) is 2.70. The van der Waals surface area contributed by atoms with Crippen LogP contribution in [0.3, 0.4) is 0 Å². The first-order valence-electron chi connectivity index (χ1n) is 7.13. The summed E-state index contributed by atoms with van der Waals surface area (Å²) in [7, 11) is 0. The SMILES string of the molecule is Cc1nc(SC2CC(C(C)(C)C)CCC2N)oc1C. The minimum Gasteiger partial charge on any atom is -0.437 e. The summed E-state index contributed by atoms with van der Waals surface area (Å²) in [6.45, 7) is 10.9. The molecule has 0 saturated heterocycles. The minimum atomic E-state index is 0.260. The topological polar surface area (TPSA) is 52.0 Å². The third-order valence-corrected chi connectivity index (χ3v) is 5.55. The van der Waals surface area contributed by atoms with Crippen LogP contribution in [0.4, 0.5) is 0 Å². The molecule has 0 amide bonds. The summed E-state index contributed by atoms with van der Waals surface area (Å²) in [5.41, 5.74) is 7.63. The molecule has 0 aliphatic heterocycles. The van der Waals surface area contributed by atoms with E-state index in [1.54, 1.807) is 11.8 Å². The van der Waals surface area contributed by atoms with Gasteiger partial charge in [-0.1, -0.05) is 32.5 Å². The van der Waals surface area contributed by atoms with Gasteiger partial charge in [0.05, 0.1) is 5.69 Å². The van der Waals surface area contributed by atoms with E-state index >= 15 is 0 Å². The van der Waals surface area contributed by atoms with Crippen LogP contribution in [0.2, 0.25) is 0 Å². The Morgan fingerprint density at radius 1 is 1.26 bits per heavy atom. The number of thioether (sulfide) groups is 1. The predicted octanol–water partition coefficient (Wildman–Crippen LogP) is 3.93. The molecular weight excluding hydrogens is 256 g/mol. The highest BCUT2D eigenvalue weighted by Crippen LogP contribution is 2.42. The van der Waals surface area contributed by atoms with E-state index in [2.05, 4.69) is 25.8 Å². The average molecular weight is 282 g/mol. The highest BCUT2D eigenvalue weighted by atomic mass is 32.2. The summed E-state index contributed by atoms with van der Waals surface area (Å²) >= 11 is 1.72. The Hall–Kier alpha value is -0.480. The van der Waals surface area contributed by atoms with Crippen molar-refractivity contribution in [3.8, 4) is 0 Å². The Morgan fingerprint density at radius 3 is 2.47 bits per heavy atom. The molecule has 1 aliphatic carbocycles. The zero-order valence-corrected chi connectivity index (χ0v) is 13.5. The molecule has 1 fully saturated rings. The lowest BCUT2D eigenvalue weighted by atomic mass is 9.71. The first-order chi connectivity index (χ1) is 8.77. The third-order valence-electron chi connectivity index (χ3n) is 4.33. The van der Waals surface area contributed by atoms with Crippen LogP contribution in [0.25, 0.3) is 0 Å². The van der Waals surface area contributed by atoms with Gasteiger partial charge in [-0.15, -0.1) is 0 Å². The van der Waals surface area contributed by atoms with Crippen molar-refractivity contribution in [2.24, 2.45) is 17.1 Å². The lowest BCUT2D eigenvalue weighted by Crippen LogP contribution is -2.41. The van der Waals surface area contributed by atoms with Crippen molar-refractivity contribution in [1.82, 2.24) is 4.98 Å². The molecule has 1 heterocycles. The number of aryl methyl sites for hydroxylation is 2. The Labute approximate surface area is 120 Å². The zero-order valence-electron chi connectivity index (χ0n) is 12.7. The maximum atomic E-state index is 6.29. The molecule has 2 rings (SSSR count). The predicted molar refractivity (Wildman–Crippen MR) is 80.4 cm³/mol. The van der Waals surface area contributed by atoms with E-state index in [1.807, 2.05) is 13.8 Å². The number of aromatic nitrogens is 1. The Kier molecular flexibility index (Phi) is 4.31. The summed E-state index contributed by atoms with van der Waals surface area (Å²) in [6, 6.07) is 0.260. The monoisotopic (exact) mass is 282 g/mol. The molecule has 2 N–H and O–H groups in total. The van der Waals surface area contributed by atoms with Gasteiger partial charge in [-0.05, 0) is 44.4 Å². The number of nitrogens with zero attached hydrogens (tertiary/aromatic N) is 1. The maximum Gasteiger partial charge on any atom is 0.256 e. The fraction of sp³-hybridized carbons (Fsp3) is 0.800. The van der Waals surface area contributed by atoms with Gasteiger partial charge in [0.15, 0.2) is 0 Å². The standard InChI is InChI=1S/C15H26N2OS/c1-9-10(2)18-14(17-9)19-13-8-11(15(3,4)5)6-7-12(13)16/h11-13H,6-8,16H2,1-5H3. The second-order valence-corrected chi connectivity index (χ2v) is 8.01. The van der Waals surface area contributed by atoms with E-state index in [0.29, 0.717) is 10.7 Å². The normalized spacial score (nSPS) is 28.6. The highest BCUT2D eigenvalue weighted by Gasteiger charge is 2.35. The molecule has 0 aromatic carbocycles. The minimum absolute atomic E-state index is 0.260. The number of nitrogens with two attached hydrogens (primary N) is 1. The van der Waals surface area contributed by atoms with E-state index in [4.69, 9.17) is 10.2 Å². The molecule has 3 nitrogen and oxygen atoms in total. The van der Waals surface area contributed by atoms with Crippen LogP contribution in [-0.2, 0) is 0 Å². The van der Waals surface area contributed by atoms with Gasteiger partial charge in [0.25, 0.3) is 5.22 Å². The lowest BCUT2D eigenvalue weighted by Gasteiger charge is -2.39. The number of hydrogen-bond acceptors (Lipinski definition) is 4. The third kappa shape index (κ3) is 3.54. The zero-order chi connectivity index (χ0) is 14.2. The van der Waals surface area contributed by atoms with E-state index in [9.17, 15) is 0 Å². The molecule has 0 radical (unpaired) electrons. The Morgan fingerprint density at radius 2 is 1.95 bits per heavy atom. The summed E-state index contributed by atoms with van der Waals surface area (Å²) < 4.78 is 5.68. The molecule has 3 atom stereocenters. The van der Waals surface area contributed by atoms with Crippen molar-refractivity contribution < 1.29 is 4.42 Å². The maximum absolute atomic E-state index is 6.29. The number of oxazole rings is 1. The molecule has 3 unspecified atom stereocenters. The molecule has 1 aliphatic rings. The lowest BCUT2D eigenvalue weighted by molar-refractivity contribution is 0.173. The quantitative estimate of drug-likeness (QED) is 0.893. The van der Waals surface area contributed by atoms with E-state index in [-0.39, 0.29) is 6.04 Å². The number of hydrogen-bond donors (Lipinski definition) is 1. The summed E-state index contributed by atoms with van der Waals surface area (Å²) in [4.78, 5) is 4.47. The largest absolute Gasteiger partial charge is 0.437 e. The van der Waals surface area contributed by atoms with Gasteiger partial charge >= 0.3 is 0 Å². The molecule has 0 bridgehead atoms. The molecule has 1 aromatic rings. The van der Waals surface area contributed by atoms with Crippen molar-refractivity contribution in [2.75, 3.05) is 0 Å². The first kappa shape index (κ1) is 14.9. The van der Waals surface area contributed by atoms with Crippen molar-refractivity contribution in [1.29, 1.82) is 0 Å². The van der Waals surface area contributed by atoms with Crippen LogP contribution >= 0.6 is 11.8 Å². The molecule has 4 heteroatoms. The van der Waals surface area contributed by atoms with Crippen molar-refractivity contribution in [2.45, 2.75) is 70.4 Å². The van der Waals surface area contributed by atoms with Gasteiger partial charge in [0, 0.05) is 11.3 Å². The van der Waals surface area contributed by atoms with Gasteiger partial charge in [0.2, 0.25) is 0 Å². The number of rotatable bonds is 2. The second kappa shape index (κ2) is 5.49. The summed E-state index contributed by atoms with van der Waals surface area (Å²) in [5, 5.41) is 1.21. The van der Waals surface area contributed by atoms with Crippen LogP contribution in [0.15, 0.2) is 9.64 Å². The van der Waals surface area contributed by atoms with Crippen molar-refractivity contribution >= 4 is 11.8 Å². The fourth-order valence-corrected chi connectivity index (χ4v) is 3.96. The van der Waals surface area contributed by atoms with Gasteiger partial charge in [-0.3, -0.25) is 0 Å². The molecule has 19 heavy (non-hydrogen) atoms. The van der Waals surface area contributed by atoms with Crippen LogP contribution in [-0.4, -0.2) is 16.3 Å². The first-order valence-corrected chi connectivity index (χ1v) is 8.01. The van der Waals surface area contributed by atoms with Crippen molar-refractivity contribution in [3.63, 3.8) is 0 Å². The van der Waals surface area contributed by atoms with Crippen LogP contribution < -0.4 is 5.73 Å². The smallest absolute Gasteiger partial charge is 0.256 e. The Bertz CT molecular complexity index is 416. The Balaban J connectivity index is 2.05. The van der Waals surface area contributed by atoms with E-state index < -0.39 is 0 Å². The van der Waals surface area contributed by atoms with Gasteiger partial charge in [-0.2, -0.15) is 0 Å². The van der Waals surface area contributed by atoms with E-state index in [1.165, 1.54) is 6.42 Å². The van der Waals surface area contributed by atoms with Gasteiger partial charge < -0.3 is 10.2 Å². The van der Waals surface area contributed by atoms with E-state index in [0.717, 1.165) is 35.4 Å². The van der Waals surface area contributed by atoms with Crippen molar-refractivity contribution in [3.05, 3.63) is 11.5 Å². The van der Waals surface area contributed by atoms with Gasteiger partial charge in [0.1, 0.15) is 5.76 Å². The molecule has 1 saturated carbocycles. The molecule has 1 aromatic heterocycles. The highest BCUT2D eigenvalue weighted by molar-refractivity contribution is 7.99. The van der Waals surface area contributed by atoms with Crippen LogP contribution in [0.1, 0.15) is 51.5 Å². The molecule has 0 spiro atoms. The molecule has 108 valence electrons.